The fourth-order valence-electron chi connectivity index (χ4n) is 5.88. The van der Waals surface area contributed by atoms with E-state index in [1.807, 2.05) is 9.80 Å². The maximum absolute atomic E-state index is 14.1. The first-order valence-electron chi connectivity index (χ1n) is 13.5. The Balaban J connectivity index is 1.19. The number of anilines is 1. The minimum atomic E-state index is -4.88. The molecule has 5 N–H and O–H groups in total. The number of rotatable bonds is 9. The van der Waals surface area contributed by atoms with Gasteiger partial charge in [-0.05, 0) is 37.8 Å². The molecule has 0 spiro atoms. The zero-order valence-corrected chi connectivity index (χ0v) is 22.9. The third-order valence-corrected chi connectivity index (χ3v) is 8.45. The molecule has 0 amide bonds. The van der Waals surface area contributed by atoms with Crippen molar-refractivity contribution in [3.63, 3.8) is 0 Å². The molecule has 220 valence electrons. The number of halogens is 1. The van der Waals surface area contributed by atoms with Crippen molar-refractivity contribution < 1.29 is 48.1 Å². The van der Waals surface area contributed by atoms with Crippen LogP contribution in [0.1, 0.15) is 36.8 Å². The first-order chi connectivity index (χ1) is 19.0. The van der Waals surface area contributed by atoms with Crippen LogP contribution in [0.4, 0.5) is 10.1 Å². The fraction of sp³-hybridized carbons (Fsp3) is 0.577. The van der Waals surface area contributed by atoms with E-state index in [2.05, 4.69) is 4.52 Å². The number of phosphoric acid groups is 1. The normalized spacial score (nSPS) is 22.4. The number of aromatic hydroxyl groups is 2. The molecular weight excluding hydrogens is 548 g/mol. The summed E-state index contributed by atoms with van der Waals surface area (Å²) in [7, 11) is -4.88. The van der Waals surface area contributed by atoms with E-state index in [1.165, 1.54) is 12.1 Å². The van der Waals surface area contributed by atoms with Crippen molar-refractivity contribution in [1.29, 1.82) is 0 Å². The smallest absolute Gasteiger partial charge is 0.469 e. The Bertz CT molecular complexity index is 1280. The molecule has 1 aromatic heterocycles. The van der Waals surface area contributed by atoms with E-state index in [0.717, 1.165) is 30.3 Å². The predicted octanol–water partition coefficient (Wildman–Crippen LogP) is 1.69. The van der Waals surface area contributed by atoms with Crippen molar-refractivity contribution in [2.24, 2.45) is 0 Å². The van der Waals surface area contributed by atoms with E-state index in [9.17, 15) is 29.1 Å². The summed E-state index contributed by atoms with van der Waals surface area (Å²) in [5, 5.41) is 31.6. The fourth-order valence-corrected chi connectivity index (χ4v) is 6.45. The number of hydrogen-bond acceptors (Lipinski definition) is 9. The lowest BCUT2D eigenvalue weighted by Crippen LogP contribution is -2.48. The van der Waals surface area contributed by atoms with E-state index in [0.29, 0.717) is 37.6 Å². The Kier molecular flexibility index (Phi) is 8.42. The number of aliphatic hydroxyl groups is 1. The van der Waals surface area contributed by atoms with Crippen LogP contribution in [0.2, 0.25) is 0 Å². The molecular formula is C26H35FN3O9P. The number of aliphatic hydroxyl groups excluding tert-OH is 1. The van der Waals surface area contributed by atoms with Gasteiger partial charge in [-0.15, -0.1) is 0 Å². The number of fused-ring (bicyclic) bond motifs is 1. The van der Waals surface area contributed by atoms with Crippen LogP contribution in [0.5, 0.6) is 17.5 Å². The highest BCUT2D eigenvalue weighted by molar-refractivity contribution is 7.46. The van der Waals surface area contributed by atoms with Crippen LogP contribution in [0.3, 0.4) is 0 Å². The summed E-state index contributed by atoms with van der Waals surface area (Å²) in [4.78, 5) is 35.1. The Morgan fingerprint density at radius 1 is 1.00 bits per heavy atom. The quantitative estimate of drug-likeness (QED) is 0.273. The Morgan fingerprint density at radius 3 is 2.30 bits per heavy atom. The van der Waals surface area contributed by atoms with Crippen molar-refractivity contribution in [2.75, 3.05) is 37.6 Å². The predicted molar refractivity (Wildman–Crippen MR) is 141 cm³/mol. The first-order valence-corrected chi connectivity index (χ1v) is 15.0. The van der Waals surface area contributed by atoms with Crippen LogP contribution in [0.25, 0.3) is 0 Å². The molecule has 5 rings (SSSR count). The van der Waals surface area contributed by atoms with E-state index in [1.54, 1.807) is 6.07 Å². The molecule has 1 saturated heterocycles. The molecule has 2 aromatic rings. The number of carbonyl (C=O) groups excluding carboxylic acids is 1. The lowest BCUT2D eigenvalue weighted by atomic mass is 9.90. The number of benzene rings is 1. The number of nitrogens with zero attached hydrogens (tertiary/aromatic N) is 3. The van der Waals surface area contributed by atoms with Gasteiger partial charge < -0.3 is 34.7 Å². The second-order valence-electron chi connectivity index (χ2n) is 10.7. The van der Waals surface area contributed by atoms with Crippen LogP contribution in [-0.2, 0) is 33.3 Å². The monoisotopic (exact) mass is 583 g/mol. The summed E-state index contributed by atoms with van der Waals surface area (Å²) >= 11 is 0. The molecule has 1 aliphatic heterocycles. The summed E-state index contributed by atoms with van der Waals surface area (Å²) < 4.78 is 37.2. The second-order valence-corrected chi connectivity index (χ2v) is 11.9. The number of hydrogen-bond donors (Lipinski definition) is 5. The van der Waals surface area contributed by atoms with Crippen LogP contribution in [0, 0.1) is 5.82 Å². The maximum atomic E-state index is 14.1. The maximum Gasteiger partial charge on any atom is 0.469 e. The zero-order chi connectivity index (χ0) is 28.6. The first kappa shape index (κ1) is 28.8. The average molecular weight is 584 g/mol. The summed E-state index contributed by atoms with van der Waals surface area (Å²) in [6.07, 6.45) is 1.36. The number of ether oxygens (including phenoxy) is 1. The molecule has 0 bridgehead atoms. The van der Waals surface area contributed by atoms with E-state index >= 15 is 0 Å². The minimum absolute atomic E-state index is 0.0662. The zero-order valence-electron chi connectivity index (χ0n) is 22.0. The topological polar surface area (TPSA) is 165 Å². The molecule has 2 aliphatic carbocycles. The van der Waals surface area contributed by atoms with E-state index in [-0.39, 0.29) is 60.6 Å². The summed E-state index contributed by atoms with van der Waals surface area (Å²) in [6, 6.07) is 4.56. The van der Waals surface area contributed by atoms with Crippen molar-refractivity contribution in [2.45, 2.75) is 63.4 Å². The summed E-state index contributed by atoms with van der Waals surface area (Å²) in [5.41, 5.74) is 1.09. The Labute approximate surface area is 230 Å². The molecule has 1 aromatic carbocycles. The van der Waals surface area contributed by atoms with Gasteiger partial charge in [-0.2, -0.15) is 0 Å². The van der Waals surface area contributed by atoms with Crippen LogP contribution >= 0.6 is 7.82 Å². The largest absolute Gasteiger partial charge is 0.494 e. The molecule has 40 heavy (non-hydrogen) atoms. The molecule has 2 unspecified atom stereocenters. The molecule has 0 radical (unpaired) electrons. The number of ketones is 1. The number of phosphoric ester groups is 1. The molecule has 14 heteroatoms. The molecule has 1 saturated carbocycles. The molecule has 2 fully saturated rings. The number of Topliss-reactive ketones (excluding diaryl/α,β-unsaturated/α-hetero) is 1. The lowest BCUT2D eigenvalue weighted by Gasteiger charge is -2.36. The molecule has 12 nitrogen and oxygen atoms in total. The van der Waals surface area contributed by atoms with Gasteiger partial charge in [-0.25, -0.2) is 8.96 Å². The summed E-state index contributed by atoms with van der Waals surface area (Å²) in [6.45, 7) is 1.94. The molecule has 2 heterocycles. The van der Waals surface area contributed by atoms with Gasteiger partial charge in [-0.1, -0.05) is 0 Å². The van der Waals surface area contributed by atoms with Gasteiger partial charge in [-0.3, -0.25) is 18.8 Å². The van der Waals surface area contributed by atoms with Gasteiger partial charge in [0.1, 0.15) is 11.6 Å². The van der Waals surface area contributed by atoms with Gasteiger partial charge in [0.05, 0.1) is 37.1 Å². The van der Waals surface area contributed by atoms with Gasteiger partial charge in [0.2, 0.25) is 0 Å². The molecule has 3 aliphatic rings. The highest BCUT2D eigenvalue weighted by atomic mass is 31.2. The highest BCUT2D eigenvalue weighted by Crippen LogP contribution is 2.44. The summed E-state index contributed by atoms with van der Waals surface area (Å²) in [5.74, 6) is -0.726. The Hall–Kier alpha value is -2.67. The number of carbonyl (C=O) groups is 1. The van der Waals surface area contributed by atoms with Gasteiger partial charge in [0.15, 0.2) is 17.5 Å². The standard InChI is InChI=1S/C26H35FN3O9P/c27-16-5-6-23(38-18-3-1-2-4-18)21(11-16)29-9-7-28(8-10-29)14-17(31)15-30-25(33)19-12-22(32)24(39-40(35,36)37)13-20(19)26(30)34/h5-6,11,18,22,24,32-34H,1-4,7-10,12-15H2,(H2,35,36,37). The van der Waals surface area contributed by atoms with Gasteiger partial charge in [0.25, 0.3) is 0 Å². The van der Waals surface area contributed by atoms with Crippen molar-refractivity contribution in [3.8, 4) is 17.5 Å². The van der Waals surface area contributed by atoms with Gasteiger partial charge >= 0.3 is 7.82 Å². The third kappa shape index (κ3) is 6.45. The number of aromatic nitrogens is 1. The lowest BCUT2D eigenvalue weighted by molar-refractivity contribution is -0.121. The van der Waals surface area contributed by atoms with Crippen LogP contribution in [0.15, 0.2) is 18.2 Å². The van der Waals surface area contributed by atoms with Gasteiger partial charge in [0, 0.05) is 56.2 Å². The third-order valence-electron chi connectivity index (χ3n) is 7.90. The van der Waals surface area contributed by atoms with Crippen molar-refractivity contribution in [1.82, 2.24) is 9.47 Å². The second kappa shape index (κ2) is 11.7. The SMILES string of the molecule is O=C(CN1CCN(c2cc(F)ccc2OC2CCCC2)CC1)Cn1c(O)c2c(c1O)CC(OP(=O)(O)O)C(O)C2. The Morgan fingerprint density at radius 2 is 1.65 bits per heavy atom. The van der Waals surface area contributed by atoms with Crippen molar-refractivity contribution in [3.05, 3.63) is 35.1 Å². The number of piperazine rings is 1. The van der Waals surface area contributed by atoms with E-state index < -0.39 is 25.9 Å². The average Bonchev–Trinajstić information content (AvgIpc) is 3.48. The van der Waals surface area contributed by atoms with Crippen molar-refractivity contribution >= 4 is 19.3 Å². The van der Waals surface area contributed by atoms with Crippen LogP contribution in [-0.4, -0.2) is 91.4 Å². The van der Waals surface area contributed by atoms with Crippen LogP contribution < -0.4 is 9.64 Å². The van der Waals surface area contributed by atoms with E-state index in [4.69, 9.17) is 14.5 Å². The highest BCUT2D eigenvalue weighted by Gasteiger charge is 2.38. The molecule has 2 atom stereocenters. The minimum Gasteiger partial charge on any atom is -0.494 e.